The third kappa shape index (κ3) is 3.48. The zero-order valence-electron chi connectivity index (χ0n) is 13.4. The number of carbonyl (C=O) groups excluding carboxylic acids is 2. The summed E-state index contributed by atoms with van der Waals surface area (Å²) in [6.07, 6.45) is 0.791. The van der Waals surface area contributed by atoms with Gasteiger partial charge in [-0.2, -0.15) is 0 Å². The molecule has 3 rings (SSSR count). The van der Waals surface area contributed by atoms with Crippen molar-refractivity contribution in [1.29, 1.82) is 0 Å². The van der Waals surface area contributed by atoms with Crippen LogP contribution in [-0.4, -0.2) is 22.8 Å². The molecule has 2 amide bonds. The van der Waals surface area contributed by atoms with Crippen LogP contribution in [-0.2, 0) is 22.7 Å². The van der Waals surface area contributed by atoms with Gasteiger partial charge in [-0.05, 0) is 31.5 Å². The Balaban J connectivity index is 1.64. The van der Waals surface area contributed by atoms with E-state index in [1.165, 1.54) is 11.0 Å². The lowest BCUT2D eigenvalue weighted by atomic mass is 10.1. The minimum atomic E-state index is -0.547. The van der Waals surface area contributed by atoms with E-state index in [0.717, 1.165) is 5.76 Å². The summed E-state index contributed by atoms with van der Waals surface area (Å²) < 4.78 is 19.1. The topological polar surface area (TPSA) is 62.6 Å². The first-order valence-corrected chi connectivity index (χ1v) is 7.90. The average molecular weight is 330 g/mol. The molecule has 2 aromatic rings. The number of aryl methyl sites for hydroxylation is 1. The first-order valence-electron chi connectivity index (χ1n) is 7.90. The fraction of sp³-hybridized carbons (Fsp3) is 0.333. The first kappa shape index (κ1) is 16.2. The normalized spacial score (nSPS) is 17.3. The number of hydrogen-bond acceptors (Lipinski definition) is 3. The predicted molar refractivity (Wildman–Crippen MR) is 85.3 cm³/mol. The van der Waals surface area contributed by atoms with E-state index in [1.54, 1.807) is 24.3 Å². The van der Waals surface area contributed by atoms with Gasteiger partial charge in [0, 0.05) is 18.5 Å². The molecule has 6 heteroatoms. The molecule has 0 unspecified atom stereocenters. The van der Waals surface area contributed by atoms with Gasteiger partial charge in [0.1, 0.15) is 23.4 Å². The first-order chi connectivity index (χ1) is 11.5. The summed E-state index contributed by atoms with van der Waals surface area (Å²) >= 11 is 0. The van der Waals surface area contributed by atoms with Gasteiger partial charge in [-0.25, -0.2) is 4.39 Å². The third-order valence-corrected chi connectivity index (χ3v) is 4.16. The van der Waals surface area contributed by atoms with Crippen molar-refractivity contribution in [3.63, 3.8) is 0 Å². The van der Waals surface area contributed by atoms with Crippen molar-refractivity contribution in [1.82, 2.24) is 10.2 Å². The summed E-state index contributed by atoms with van der Waals surface area (Å²) in [6.45, 7) is 2.20. The quantitative estimate of drug-likeness (QED) is 0.916. The maximum atomic E-state index is 13.6. The van der Waals surface area contributed by atoms with Gasteiger partial charge in [-0.1, -0.05) is 18.2 Å². The van der Waals surface area contributed by atoms with Crippen molar-refractivity contribution < 1.29 is 18.4 Å². The Morgan fingerprint density at radius 2 is 2.12 bits per heavy atom. The molecule has 1 atom stereocenters. The van der Waals surface area contributed by atoms with Crippen LogP contribution >= 0.6 is 0 Å². The highest BCUT2D eigenvalue weighted by atomic mass is 19.1. The predicted octanol–water partition coefficient (Wildman–Crippen LogP) is 2.53. The number of hydrogen-bond donors (Lipinski definition) is 1. The number of halogens is 1. The van der Waals surface area contributed by atoms with Gasteiger partial charge in [0.15, 0.2) is 0 Å². The average Bonchev–Trinajstić information content (AvgIpc) is 3.13. The molecule has 1 aromatic heterocycles. The lowest BCUT2D eigenvalue weighted by Gasteiger charge is -2.23. The van der Waals surface area contributed by atoms with Gasteiger partial charge in [-0.15, -0.1) is 0 Å². The van der Waals surface area contributed by atoms with E-state index in [4.69, 9.17) is 4.42 Å². The van der Waals surface area contributed by atoms with Gasteiger partial charge in [0.2, 0.25) is 11.8 Å². The smallest absolute Gasteiger partial charge is 0.243 e. The highest BCUT2D eigenvalue weighted by Gasteiger charge is 2.36. The number of carbonyl (C=O) groups is 2. The number of rotatable bonds is 5. The Bertz CT molecular complexity index is 756. The fourth-order valence-corrected chi connectivity index (χ4v) is 2.88. The monoisotopic (exact) mass is 330 g/mol. The van der Waals surface area contributed by atoms with E-state index in [9.17, 15) is 14.0 Å². The van der Waals surface area contributed by atoms with Crippen molar-refractivity contribution >= 4 is 11.8 Å². The lowest BCUT2D eigenvalue weighted by Crippen LogP contribution is -2.44. The Labute approximate surface area is 139 Å². The highest BCUT2D eigenvalue weighted by molar-refractivity contribution is 5.90. The zero-order chi connectivity index (χ0) is 17.1. The molecular weight excluding hydrogens is 311 g/mol. The van der Waals surface area contributed by atoms with Crippen LogP contribution in [0.1, 0.15) is 29.9 Å². The van der Waals surface area contributed by atoms with Gasteiger partial charge in [-0.3, -0.25) is 9.59 Å². The van der Waals surface area contributed by atoms with Gasteiger partial charge >= 0.3 is 0 Å². The van der Waals surface area contributed by atoms with Crippen LogP contribution in [0.15, 0.2) is 40.8 Å². The number of benzene rings is 1. The summed E-state index contributed by atoms with van der Waals surface area (Å²) in [5, 5.41) is 2.72. The molecule has 126 valence electrons. The van der Waals surface area contributed by atoms with E-state index in [-0.39, 0.29) is 30.7 Å². The van der Waals surface area contributed by atoms with Crippen LogP contribution in [0, 0.1) is 12.7 Å². The second-order valence-electron chi connectivity index (χ2n) is 5.90. The standard InChI is InChI=1S/C18H19FN2O3/c1-12-6-7-14(24-12)11-21-16(8-9-17(21)22)18(23)20-10-13-4-2-3-5-15(13)19/h2-7,16H,8-11H2,1H3,(H,20,23)/t16-/m0/s1. The molecule has 0 radical (unpaired) electrons. The van der Waals surface area contributed by atoms with Crippen molar-refractivity contribution in [2.24, 2.45) is 0 Å². The van der Waals surface area contributed by atoms with Crippen molar-refractivity contribution in [2.45, 2.75) is 38.9 Å². The number of nitrogens with one attached hydrogen (secondary N) is 1. The van der Waals surface area contributed by atoms with Crippen molar-refractivity contribution in [3.05, 3.63) is 59.3 Å². The van der Waals surface area contributed by atoms with Crippen LogP contribution in [0.2, 0.25) is 0 Å². The summed E-state index contributed by atoms with van der Waals surface area (Å²) in [6, 6.07) is 9.37. The number of amides is 2. The number of furan rings is 1. The maximum absolute atomic E-state index is 13.6. The Morgan fingerprint density at radius 3 is 2.83 bits per heavy atom. The molecule has 1 fully saturated rings. The molecule has 1 N–H and O–H groups in total. The van der Waals surface area contributed by atoms with E-state index < -0.39 is 6.04 Å². The molecule has 24 heavy (non-hydrogen) atoms. The Kier molecular flexibility index (Phi) is 4.64. The zero-order valence-corrected chi connectivity index (χ0v) is 13.4. The van der Waals surface area contributed by atoms with Crippen LogP contribution in [0.3, 0.4) is 0 Å². The fourth-order valence-electron chi connectivity index (χ4n) is 2.88. The molecule has 1 aliphatic heterocycles. The molecule has 0 spiro atoms. The molecule has 0 aliphatic carbocycles. The summed E-state index contributed by atoms with van der Waals surface area (Å²) in [4.78, 5) is 26.0. The van der Waals surface area contributed by atoms with E-state index in [1.807, 2.05) is 13.0 Å². The molecule has 0 bridgehead atoms. The van der Waals surface area contributed by atoms with Gasteiger partial charge in [0.05, 0.1) is 6.54 Å². The molecule has 2 heterocycles. The number of likely N-dealkylation sites (tertiary alicyclic amines) is 1. The minimum Gasteiger partial charge on any atom is -0.464 e. The Morgan fingerprint density at radius 1 is 1.33 bits per heavy atom. The molecule has 1 aromatic carbocycles. The maximum Gasteiger partial charge on any atom is 0.243 e. The summed E-state index contributed by atoms with van der Waals surface area (Å²) in [7, 11) is 0. The van der Waals surface area contributed by atoms with Crippen LogP contribution < -0.4 is 5.32 Å². The Hall–Kier alpha value is -2.63. The van der Waals surface area contributed by atoms with E-state index in [2.05, 4.69) is 5.32 Å². The second kappa shape index (κ2) is 6.86. The van der Waals surface area contributed by atoms with E-state index >= 15 is 0 Å². The highest BCUT2D eigenvalue weighted by Crippen LogP contribution is 2.22. The van der Waals surface area contributed by atoms with Crippen LogP contribution in [0.25, 0.3) is 0 Å². The summed E-state index contributed by atoms with van der Waals surface area (Å²) in [5.74, 6) is 0.706. The van der Waals surface area contributed by atoms with Crippen molar-refractivity contribution in [3.8, 4) is 0 Å². The SMILES string of the molecule is Cc1ccc(CN2C(=O)CC[C@H]2C(=O)NCc2ccccc2F)o1. The van der Waals surface area contributed by atoms with Gasteiger partial charge < -0.3 is 14.6 Å². The minimum absolute atomic E-state index is 0.0740. The second-order valence-corrected chi connectivity index (χ2v) is 5.90. The van der Waals surface area contributed by atoms with Crippen LogP contribution in [0.5, 0.6) is 0 Å². The van der Waals surface area contributed by atoms with E-state index in [0.29, 0.717) is 24.2 Å². The molecular formula is C18H19FN2O3. The molecule has 0 saturated carbocycles. The molecule has 1 saturated heterocycles. The number of nitrogens with zero attached hydrogens (tertiary/aromatic N) is 1. The lowest BCUT2D eigenvalue weighted by molar-refractivity contribution is -0.136. The van der Waals surface area contributed by atoms with Crippen LogP contribution in [0.4, 0.5) is 4.39 Å². The van der Waals surface area contributed by atoms with Crippen molar-refractivity contribution in [2.75, 3.05) is 0 Å². The third-order valence-electron chi connectivity index (χ3n) is 4.16. The van der Waals surface area contributed by atoms with Gasteiger partial charge in [0.25, 0.3) is 0 Å². The molecule has 1 aliphatic rings. The summed E-state index contributed by atoms with van der Waals surface area (Å²) in [5.41, 5.74) is 0.420. The molecule has 5 nitrogen and oxygen atoms in total. The largest absolute Gasteiger partial charge is 0.464 e.